The Morgan fingerprint density at radius 3 is 0.540 bits per heavy atom. The van der Waals surface area contributed by atoms with Gasteiger partial charge in [0.25, 0.3) is 0 Å². The van der Waals surface area contributed by atoms with E-state index in [0.717, 1.165) is 43.6 Å². The first kappa shape index (κ1) is 28.4. The molecule has 21 aromatic rings. The lowest BCUT2D eigenvalue weighted by Crippen LogP contribution is -1.87. The van der Waals surface area contributed by atoms with Gasteiger partial charge in [0.05, 0.1) is 22.1 Å². The smallest absolute Gasteiger partial charge is 0.0972 e. The molecule has 0 fully saturated rings. The van der Waals surface area contributed by atoms with E-state index in [0.29, 0.717) is 0 Å². The van der Waals surface area contributed by atoms with Gasteiger partial charge in [0.2, 0.25) is 0 Å². The Morgan fingerprint density at radius 2 is 0.320 bits per heavy atom. The third-order valence-corrected chi connectivity index (χ3v) is 10.1. The summed E-state index contributed by atoms with van der Waals surface area (Å²) in [6.45, 7) is 0. The highest BCUT2D eigenvalue weighted by Crippen LogP contribution is 2.27. The minimum Gasteiger partial charge on any atom is -0.245 e. The number of aromatic nitrogens is 2. The van der Waals surface area contributed by atoms with Gasteiger partial charge in [-0.2, -0.15) is 0 Å². The topological polar surface area (TPSA) is 25.8 Å². The molecule has 7 aromatic carbocycles. The van der Waals surface area contributed by atoms with Crippen LogP contribution < -0.4 is 0 Å². The van der Waals surface area contributed by atoms with Crippen LogP contribution in [-0.4, -0.2) is 9.97 Å². The first-order valence-corrected chi connectivity index (χ1v) is 17.1. The fraction of sp³-hybridized carbons (Fsp3) is 0. The van der Waals surface area contributed by atoms with Crippen molar-refractivity contribution in [2.45, 2.75) is 0 Å². The third-order valence-electron chi connectivity index (χ3n) is 10.1. The molecule has 0 spiro atoms. The van der Waals surface area contributed by atoms with E-state index in [1.54, 1.807) is 0 Å². The second kappa shape index (κ2) is 11.5. The van der Waals surface area contributed by atoms with Crippen LogP contribution in [0.4, 0.5) is 0 Å². The molecular weight excluding hydrogens is 605 g/mol. The van der Waals surface area contributed by atoms with E-state index >= 15 is 0 Å². The molecule has 0 aliphatic rings. The summed E-state index contributed by atoms with van der Waals surface area (Å²) in [6, 6.07) is 65.6. The Hall–Kier alpha value is -6.64. The van der Waals surface area contributed by atoms with Crippen molar-refractivity contribution in [3.63, 3.8) is 0 Å². The zero-order valence-corrected chi connectivity index (χ0v) is 27.2. The number of benzene rings is 7. The number of pyridine rings is 2. The minimum absolute atomic E-state index is 0.917. The van der Waals surface area contributed by atoms with E-state index in [-0.39, 0.29) is 0 Å². The molecule has 21 rings (SSSR count). The maximum atomic E-state index is 5.18. The van der Waals surface area contributed by atoms with E-state index in [2.05, 4.69) is 182 Å². The summed E-state index contributed by atoms with van der Waals surface area (Å²) in [7, 11) is 0. The van der Waals surface area contributed by atoms with Crippen LogP contribution in [0.25, 0.3) is 97.5 Å². The van der Waals surface area contributed by atoms with Gasteiger partial charge in [0, 0.05) is 21.5 Å². The van der Waals surface area contributed by atoms with Gasteiger partial charge in [-0.15, -0.1) is 0 Å². The molecule has 0 N–H and O–H groups in total. The Labute approximate surface area is 288 Å². The zero-order chi connectivity index (χ0) is 33.0. The summed E-state index contributed by atoms with van der Waals surface area (Å²) in [5, 5.41) is 16.3. The van der Waals surface area contributed by atoms with Crippen molar-refractivity contribution in [3.05, 3.63) is 182 Å². The van der Waals surface area contributed by atoms with Crippen molar-refractivity contribution in [3.8, 4) is 0 Å². The quantitative estimate of drug-likeness (QED) is 0.155. The van der Waals surface area contributed by atoms with E-state index in [1.807, 2.05) is 0 Å². The standard InChI is InChI=1S/C48H30N2/c1-5-33-6-2-31(1)32-3-7-34(8-4-32)36-11-15-38(16-12-36)40-19-23-42(24-20-40)46-30-28-44-26-25-43-27-29-45(49-47(43)48(44)50-46)41-21-17-39(18-22-41)37-13-9-35(33)10-14-37/h1-30H. The molecule has 0 aliphatic carbocycles. The zero-order valence-electron chi connectivity index (χ0n) is 27.2. The van der Waals surface area contributed by atoms with Crippen molar-refractivity contribution in [2.75, 3.05) is 0 Å². The summed E-state index contributed by atoms with van der Waals surface area (Å²) >= 11 is 0. The normalized spacial score (nSPS) is 11.6. The Morgan fingerprint density at radius 1 is 0.160 bits per heavy atom. The van der Waals surface area contributed by atoms with Crippen LogP contribution in [0.15, 0.2) is 182 Å². The molecular formula is C48H30N2. The Bertz CT molecular complexity index is 2820. The summed E-state index contributed by atoms with van der Waals surface area (Å²) < 4.78 is 0. The molecule has 0 unspecified atom stereocenters. The fourth-order valence-corrected chi connectivity index (χ4v) is 7.18. The minimum atomic E-state index is 0.917. The third kappa shape index (κ3) is 4.98. The van der Waals surface area contributed by atoms with Gasteiger partial charge in [-0.05, 0) is 66.0 Å². The monoisotopic (exact) mass is 634 g/mol. The number of nitrogens with zero attached hydrogens (tertiary/aromatic N) is 2. The van der Waals surface area contributed by atoms with E-state index in [9.17, 15) is 0 Å². The second-order valence-corrected chi connectivity index (χ2v) is 13.1. The van der Waals surface area contributed by atoms with Gasteiger partial charge in [0.15, 0.2) is 0 Å². The molecule has 0 atom stereocenters. The highest BCUT2D eigenvalue weighted by Gasteiger charge is 2.06. The summed E-state index contributed by atoms with van der Waals surface area (Å²) in [6.07, 6.45) is 0. The Kier molecular flexibility index (Phi) is 6.53. The van der Waals surface area contributed by atoms with Crippen LogP contribution in [-0.2, 0) is 0 Å². The van der Waals surface area contributed by atoms with Crippen molar-refractivity contribution in [1.82, 2.24) is 9.97 Å². The molecule has 0 saturated carbocycles. The SMILES string of the molecule is c1cc2ccc1c1ccc(cc1)c1ccc(cc1)c1ccc(cc1)c1ccc3ccc4ccc(nc4c3n1)c1ccc(cc1)c1ccc2cc1. The highest BCUT2D eigenvalue weighted by molar-refractivity contribution is 6.06. The largest absolute Gasteiger partial charge is 0.245 e. The first-order chi connectivity index (χ1) is 24.7. The van der Waals surface area contributed by atoms with E-state index in [4.69, 9.17) is 9.97 Å². The van der Waals surface area contributed by atoms with Crippen molar-refractivity contribution in [2.24, 2.45) is 0 Å². The lowest BCUT2D eigenvalue weighted by molar-refractivity contribution is 1.46. The van der Waals surface area contributed by atoms with E-state index in [1.165, 1.54) is 53.9 Å². The van der Waals surface area contributed by atoms with Crippen molar-refractivity contribution >= 4 is 97.5 Å². The van der Waals surface area contributed by atoms with Crippen LogP contribution in [0.1, 0.15) is 0 Å². The molecule has 0 saturated heterocycles. The predicted octanol–water partition coefficient (Wildman–Crippen LogP) is 13.1. The van der Waals surface area contributed by atoms with Crippen LogP contribution in [0.3, 0.4) is 0 Å². The fourth-order valence-electron chi connectivity index (χ4n) is 7.18. The van der Waals surface area contributed by atoms with E-state index < -0.39 is 0 Å². The summed E-state index contributed by atoms with van der Waals surface area (Å²) in [5.74, 6) is 0. The average Bonchev–Trinajstić information content (AvgIpc) is 3.20. The van der Waals surface area contributed by atoms with Crippen molar-refractivity contribution in [1.29, 1.82) is 0 Å². The number of rotatable bonds is 0. The lowest BCUT2D eigenvalue weighted by atomic mass is 10.0. The average molecular weight is 635 g/mol. The number of hydrogen-bond acceptors (Lipinski definition) is 2. The molecule has 2 heteroatoms. The predicted molar refractivity (Wildman–Crippen MR) is 215 cm³/mol. The van der Waals surface area contributed by atoms with Crippen LogP contribution in [0, 0.1) is 0 Å². The molecule has 14 heterocycles. The van der Waals surface area contributed by atoms with Gasteiger partial charge < -0.3 is 0 Å². The summed E-state index contributed by atoms with van der Waals surface area (Å²) in [4.78, 5) is 10.4. The molecule has 0 radical (unpaired) electrons. The van der Waals surface area contributed by atoms with Crippen LogP contribution in [0.2, 0.25) is 0 Å². The van der Waals surface area contributed by atoms with Crippen molar-refractivity contribution < 1.29 is 0 Å². The van der Waals surface area contributed by atoms with Gasteiger partial charge in [0.1, 0.15) is 0 Å². The maximum absolute atomic E-state index is 5.18. The molecule has 14 aromatic heterocycles. The molecule has 232 valence electrons. The van der Waals surface area contributed by atoms with Crippen LogP contribution in [0.5, 0.6) is 0 Å². The highest BCUT2D eigenvalue weighted by atomic mass is 14.8. The summed E-state index contributed by atoms with van der Waals surface area (Å²) in [5.41, 5.74) is 3.71. The molecule has 0 amide bonds. The molecule has 50 heavy (non-hydrogen) atoms. The Balaban J connectivity index is 1.22. The maximum Gasteiger partial charge on any atom is 0.0972 e. The molecule has 16 bridgehead atoms. The van der Waals surface area contributed by atoms with Gasteiger partial charge in [-0.25, -0.2) is 9.97 Å². The lowest BCUT2D eigenvalue weighted by Gasteiger charge is -2.05. The van der Waals surface area contributed by atoms with Crippen LogP contribution >= 0.6 is 0 Å². The van der Waals surface area contributed by atoms with Gasteiger partial charge >= 0.3 is 0 Å². The molecule has 2 nitrogen and oxygen atoms in total. The molecule has 0 aliphatic heterocycles. The first-order valence-electron chi connectivity index (χ1n) is 17.1. The van der Waals surface area contributed by atoms with Gasteiger partial charge in [-0.1, -0.05) is 170 Å². The second-order valence-electron chi connectivity index (χ2n) is 13.1. The number of hydrogen-bond donors (Lipinski definition) is 0. The van der Waals surface area contributed by atoms with Gasteiger partial charge in [-0.3, -0.25) is 0 Å².